The minimum absolute atomic E-state index is 0.296. The monoisotopic (exact) mass is 256 g/mol. The normalized spacial score (nSPS) is 11.1. The molecule has 2 N–H and O–H groups in total. The van der Waals surface area contributed by atoms with Crippen LogP contribution in [0.5, 0.6) is 0 Å². The summed E-state index contributed by atoms with van der Waals surface area (Å²) in [5.41, 5.74) is 9.23. The van der Waals surface area contributed by atoms with E-state index in [4.69, 9.17) is 5.73 Å². The highest BCUT2D eigenvalue weighted by molar-refractivity contribution is 5.78. The summed E-state index contributed by atoms with van der Waals surface area (Å²) < 4.78 is 15.1. The van der Waals surface area contributed by atoms with Gasteiger partial charge in [-0.1, -0.05) is 6.07 Å². The fourth-order valence-corrected chi connectivity index (χ4v) is 2.06. The van der Waals surface area contributed by atoms with Crippen LogP contribution in [-0.2, 0) is 6.54 Å². The van der Waals surface area contributed by atoms with E-state index in [-0.39, 0.29) is 5.82 Å². The molecule has 3 rings (SSSR count). The second-order valence-corrected chi connectivity index (χ2v) is 4.50. The Bertz CT molecular complexity index is 731. The lowest BCUT2D eigenvalue weighted by molar-refractivity contribution is 0.628. The number of hydrogen-bond acceptors (Lipinski definition) is 3. The van der Waals surface area contributed by atoms with E-state index in [0.29, 0.717) is 23.5 Å². The van der Waals surface area contributed by atoms with Crippen LogP contribution in [0.1, 0.15) is 11.3 Å². The number of anilines is 1. The van der Waals surface area contributed by atoms with Crippen LogP contribution in [0.15, 0.2) is 36.5 Å². The molecular formula is C14H13FN4. The Morgan fingerprint density at radius 1 is 1.26 bits per heavy atom. The molecule has 4 nitrogen and oxygen atoms in total. The van der Waals surface area contributed by atoms with Gasteiger partial charge in [-0.15, -0.1) is 0 Å². The van der Waals surface area contributed by atoms with Gasteiger partial charge in [0.05, 0.1) is 17.6 Å². The zero-order valence-electron chi connectivity index (χ0n) is 10.5. The van der Waals surface area contributed by atoms with Crippen LogP contribution < -0.4 is 5.73 Å². The van der Waals surface area contributed by atoms with Crippen LogP contribution in [0.25, 0.3) is 11.0 Å². The summed E-state index contributed by atoms with van der Waals surface area (Å²) in [7, 11) is 0. The molecule has 0 aliphatic carbocycles. The predicted molar refractivity (Wildman–Crippen MR) is 72.2 cm³/mol. The predicted octanol–water partition coefficient (Wildman–Crippen LogP) is 2.51. The summed E-state index contributed by atoms with van der Waals surface area (Å²) in [5, 5.41) is 0. The maximum absolute atomic E-state index is 13.3. The molecule has 2 aromatic heterocycles. The van der Waals surface area contributed by atoms with Crippen molar-refractivity contribution < 1.29 is 4.39 Å². The van der Waals surface area contributed by atoms with Gasteiger partial charge in [-0.2, -0.15) is 0 Å². The third kappa shape index (κ3) is 2.14. The number of aromatic nitrogens is 3. The Balaban J connectivity index is 2.06. The van der Waals surface area contributed by atoms with Gasteiger partial charge in [0.25, 0.3) is 0 Å². The van der Waals surface area contributed by atoms with Gasteiger partial charge in [0, 0.05) is 11.9 Å². The molecule has 0 atom stereocenters. The molecule has 0 saturated heterocycles. The number of nitrogens with zero attached hydrogens (tertiary/aromatic N) is 3. The first-order valence-corrected chi connectivity index (χ1v) is 5.96. The number of nitrogens with two attached hydrogens (primary N) is 1. The highest BCUT2D eigenvalue weighted by Crippen LogP contribution is 2.20. The van der Waals surface area contributed by atoms with E-state index in [1.54, 1.807) is 16.8 Å². The summed E-state index contributed by atoms with van der Waals surface area (Å²) >= 11 is 0. The largest absolute Gasteiger partial charge is 0.369 e. The molecule has 0 amide bonds. The maximum atomic E-state index is 13.3. The van der Waals surface area contributed by atoms with E-state index in [0.717, 1.165) is 11.3 Å². The molecule has 0 bridgehead atoms. The molecule has 96 valence electrons. The lowest BCUT2D eigenvalue weighted by Gasteiger charge is -2.06. The number of fused-ring (bicyclic) bond motifs is 1. The van der Waals surface area contributed by atoms with Crippen LogP contribution >= 0.6 is 0 Å². The van der Waals surface area contributed by atoms with Crippen LogP contribution in [0.3, 0.4) is 0 Å². The molecule has 0 radical (unpaired) electrons. The summed E-state index contributed by atoms with van der Waals surface area (Å²) in [5.74, 6) is 0.0804. The standard InChI is InChI=1S/C14H13FN4/c1-9-2-3-10(7-17-9)8-19-13-6-11(15)4-5-12(13)18-14(19)16/h2-7H,8H2,1H3,(H2,16,18). The third-order valence-corrected chi connectivity index (χ3v) is 3.05. The molecular weight excluding hydrogens is 243 g/mol. The number of imidazole rings is 1. The molecule has 0 aliphatic heterocycles. The van der Waals surface area contributed by atoms with Crippen molar-refractivity contribution in [3.63, 3.8) is 0 Å². The minimum atomic E-state index is -0.296. The third-order valence-electron chi connectivity index (χ3n) is 3.05. The quantitative estimate of drug-likeness (QED) is 0.766. The lowest BCUT2D eigenvalue weighted by Crippen LogP contribution is -2.05. The highest BCUT2D eigenvalue weighted by Gasteiger charge is 2.09. The number of hydrogen-bond donors (Lipinski definition) is 1. The first-order valence-electron chi connectivity index (χ1n) is 5.96. The van der Waals surface area contributed by atoms with E-state index < -0.39 is 0 Å². The van der Waals surface area contributed by atoms with Gasteiger partial charge in [-0.05, 0) is 36.8 Å². The zero-order chi connectivity index (χ0) is 13.4. The lowest BCUT2D eigenvalue weighted by atomic mass is 10.2. The average molecular weight is 256 g/mol. The number of pyridine rings is 1. The summed E-state index contributed by atoms with van der Waals surface area (Å²) in [4.78, 5) is 8.46. The van der Waals surface area contributed by atoms with Gasteiger partial charge in [0.15, 0.2) is 0 Å². The van der Waals surface area contributed by atoms with Crippen LogP contribution in [0.4, 0.5) is 10.3 Å². The first-order chi connectivity index (χ1) is 9.13. The van der Waals surface area contributed by atoms with Crippen molar-refractivity contribution in [3.8, 4) is 0 Å². The second-order valence-electron chi connectivity index (χ2n) is 4.50. The fraction of sp³-hybridized carbons (Fsp3) is 0.143. The molecule has 0 saturated carbocycles. The number of rotatable bonds is 2. The highest BCUT2D eigenvalue weighted by atomic mass is 19.1. The summed E-state index contributed by atoms with van der Waals surface area (Å²) in [6, 6.07) is 8.37. The van der Waals surface area contributed by atoms with Gasteiger partial charge in [0.1, 0.15) is 5.82 Å². The van der Waals surface area contributed by atoms with Crippen molar-refractivity contribution in [1.82, 2.24) is 14.5 Å². The molecule has 0 aliphatic rings. The average Bonchev–Trinajstić information content (AvgIpc) is 2.69. The van der Waals surface area contributed by atoms with Crippen LogP contribution in [0.2, 0.25) is 0 Å². The van der Waals surface area contributed by atoms with Crippen molar-refractivity contribution >= 4 is 17.0 Å². The number of aryl methyl sites for hydroxylation is 1. The van der Waals surface area contributed by atoms with Crippen molar-refractivity contribution in [2.75, 3.05) is 5.73 Å². The number of benzene rings is 1. The zero-order valence-corrected chi connectivity index (χ0v) is 10.5. The molecule has 1 aromatic carbocycles. The van der Waals surface area contributed by atoms with Crippen molar-refractivity contribution in [1.29, 1.82) is 0 Å². The Morgan fingerprint density at radius 2 is 2.11 bits per heavy atom. The van der Waals surface area contributed by atoms with Gasteiger partial charge in [-0.3, -0.25) is 4.98 Å². The van der Waals surface area contributed by atoms with Crippen molar-refractivity contribution in [2.45, 2.75) is 13.5 Å². The number of nitrogen functional groups attached to an aromatic ring is 1. The van der Waals surface area contributed by atoms with Gasteiger partial charge in [0.2, 0.25) is 5.95 Å². The van der Waals surface area contributed by atoms with Crippen LogP contribution in [-0.4, -0.2) is 14.5 Å². The van der Waals surface area contributed by atoms with E-state index in [1.165, 1.54) is 12.1 Å². The Labute approximate surface area is 109 Å². The van der Waals surface area contributed by atoms with Gasteiger partial charge >= 0.3 is 0 Å². The molecule has 19 heavy (non-hydrogen) atoms. The molecule has 5 heteroatoms. The van der Waals surface area contributed by atoms with Crippen molar-refractivity contribution in [2.24, 2.45) is 0 Å². The molecule has 0 fully saturated rings. The van der Waals surface area contributed by atoms with E-state index in [2.05, 4.69) is 9.97 Å². The van der Waals surface area contributed by atoms with E-state index in [1.807, 2.05) is 19.1 Å². The van der Waals surface area contributed by atoms with Crippen molar-refractivity contribution in [3.05, 3.63) is 53.6 Å². The molecule has 3 aromatic rings. The topological polar surface area (TPSA) is 56.7 Å². The Hall–Kier alpha value is -2.43. The fourth-order valence-electron chi connectivity index (χ4n) is 2.06. The van der Waals surface area contributed by atoms with E-state index in [9.17, 15) is 4.39 Å². The van der Waals surface area contributed by atoms with Crippen LogP contribution in [0, 0.1) is 12.7 Å². The maximum Gasteiger partial charge on any atom is 0.201 e. The minimum Gasteiger partial charge on any atom is -0.369 e. The molecule has 0 spiro atoms. The summed E-state index contributed by atoms with van der Waals surface area (Å²) in [6.07, 6.45) is 1.79. The SMILES string of the molecule is Cc1ccc(Cn2c(N)nc3ccc(F)cc32)cn1. The van der Waals surface area contributed by atoms with Gasteiger partial charge < -0.3 is 10.3 Å². The first kappa shape index (κ1) is 11.6. The molecule has 2 heterocycles. The second kappa shape index (κ2) is 4.35. The summed E-state index contributed by atoms with van der Waals surface area (Å²) in [6.45, 7) is 2.46. The van der Waals surface area contributed by atoms with Gasteiger partial charge in [-0.25, -0.2) is 9.37 Å². The number of halogens is 1. The molecule has 0 unspecified atom stereocenters. The Morgan fingerprint density at radius 3 is 2.84 bits per heavy atom. The Kier molecular flexibility index (Phi) is 2.67. The smallest absolute Gasteiger partial charge is 0.201 e. The van der Waals surface area contributed by atoms with E-state index >= 15 is 0 Å².